The Bertz CT molecular complexity index is 1110. The van der Waals surface area contributed by atoms with Gasteiger partial charge in [-0.05, 0) is 63.7 Å². The Morgan fingerprint density at radius 2 is 1.20 bits per heavy atom. The first kappa shape index (κ1) is 39.8. The van der Waals surface area contributed by atoms with Crippen LogP contribution in [0.5, 0.6) is 0 Å². The molecular weight excluding hydrogens is 572 g/mol. The lowest BCUT2D eigenvalue weighted by Gasteiger charge is -2.33. The Kier molecular flexibility index (Phi) is 21.3. The molecule has 2 aromatic rings. The standard InChI is InChI=1S/C18H28O2.C17H24O2.2CO2/c1-4-12-18(2,3)13-10-16-11-14-19-17(20-16)15-8-6-5-7-9-15;1-3-7-14(2)10-11-16-12-13-18-17(19-16)15-8-5-4-6-9-15;2*2-1-3/h5-9,16-17H,4,10-14H2,1-3H3;4-9,16-17H,3,10-13H2,1-2H3;;/t2*16-,17?;;/m00../s1. The van der Waals surface area contributed by atoms with E-state index in [1.54, 1.807) is 0 Å². The van der Waals surface area contributed by atoms with Gasteiger partial charge in [0.05, 0.1) is 25.4 Å². The third kappa shape index (κ3) is 17.8. The van der Waals surface area contributed by atoms with Crippen LogP contribution >= 0.6 is 0 Å². The first-order valence-electron chi connectivity index (χ1n) is 16.0. The average Bonchev–Trinajstić information content (AvgIpc) is 3.05. The number of ether oxygens (including phenoxy) is 4. The summed E-state index contributed by atoms with van der Waals surface area (Å²) in [5.41, 5.74) is 4.14. The van der Waals surface area contributed by atoms with Gasteiger partial charge in [-0.25, -0.2) is 0 Å². The van der Waals surface area contributed by atoms with Crippen molar-refractivity contribution in [3.63, 3.8) is 0 Å². The van der Waals surface area contributed by atoms with Crippen molar-refractivity contribution in [2.24, 2.45) is 5.41 Å². The third-order valence-electron chi connectivity index (χ3n) is 7.68. The number of rotatable bonds is 11. The lowest BCUT2D eigenvalue weighted by Crippen LogP contribution is -2.28. The van der Waals surface area contributed by atoms with E-state index in [2.05, 4.69) is 65.0 Å². The molecule has 2 heterocycles. The molecule has 45 heavy (non-hydrogen) atoms. The minimum atomic E-state index is -0.185. The quantitative estimate of drug-likeness (QED) is 0.229. The Morgan fingerprint density at radius 3 is 1.62 bits per heavy atom. The predicted molar refractivity (Wildman–Crippen MR) is 170 cm³/mol. The first-order valence-corrected chi connectivity index (χ1v) is 16.0. The molecule has 2 aliphatic rings. The largest absolute Gasteiger partial charge is 0.373 e. The third-order valence-corrected chi connectivity index (χ3v) is 7.68. The minimum absolute atomic E-state index is 0.177. The highest BCUT2D eigenvalue weighted by atomic mass is 16.7. The molecule has 0 radical (unpaired) electrons. The van der Waals surface area contributed by atoms with Gasteiger partial charge >= 0.3 is 12.3 Å². The molecular formula is C37H52O8. The van der Waals surface area contributed by atoms with Crippen LogP contribution in [0.2, 0.25) is 0 Å². The van der Waals surface area contributed by atoms with Crippen LogP contribution in [-0.2, 0) is 38.1 Å². The van der Waals surface area contributed by atoms with E-state index in [1.165, 1.54) is 24.8 Å². The monoisotopic (exact) mass is 624 g/mol. The van der Waals surface area contributed by atoms with Gasteiger partial charge in [0, 0.05) is 11.1 Å². The van der Waals surface area contributed by atoms with Crippen molar-refractivity contribution in [2.75, 3.05) is 13.2 Å². The van der Waals surface area contributed by atoms with E-state index in [9.17, 15) is 0 Å². The molecule has 2 saturated heterocycles. The number of benzene rings is 2. The van der Waals surface area contributed by atoms with Gasteiger partial charge in [-0.1, -0.05) is 106 Å². The number of hydrogen-bond donors (Lipinski definition) is 0. The molecule has 2 fully saturated rings. The molecule has 0 N–H and O–H groups in total. The predicted octanol–water partition coefficient (Wildman–Crippen LogP) is 8.56. The van der Waals surface area contributed by atoms with Gasteiger partial charge in [0.2, 0.25) is 0 Å². The summed E-state index contributed by atoms with van der Waals surface area (Å²) in [6.45, 7) is 13.0. The number of allylic oxidation sites excluding steroid dienone is 2. The highest BCUT2D eigenvalue weighted by molar-refractivity contribution is 5.20. The molecule has 0 aliphatic carbocycles. The normalized spacial score (nSPS) is 21.2. The molecule has 4 atom stereocenters. The van der Waals surface area contributed by atoms with E-state index in [-0.39, 0.29) is 24.9 Å². The lowest BCUT2D eigenvalue weighted by atomic mass is 9.82. The van der Waals surface area contributed by atoms with Gasteiger partial charge in [0.1, 0.15) is 0 Å². The van der Waals surface area contributed by atoms with E-state index >= 15 is 0 Å². The summed E-state index contributed by atoms with van der Waals surface area (Å²) in [5.74, 6) is 0. The summed E-state index contributed by atoms with van der Waals surface area (Å²) >= 11 is 0. The van der Waals surface area contributed by atoms with Crippen LogP contribution in [0.4, 0.5) is 0 Å². The van der Waals surface area contributed by atoms with Crippen molar-refractivity contribution in [1.82, 2.24) is 0 Å². The van der Waals surface area contributed by atoms with Gasteiger partial charge < -0.3 is 18.9 Å². The molecule has 4 rings (SSSR count). The Labute approximate surface area is 269 Å². The Morgan fingerprint density at radius 1 is 0.756 bits per heavy atom. The van der Waals surface area contributed by atoms with E-state index in [4.69, 9.17) is 38.1 Å². The van der Waals surface area contributed by atoms with E-state index in [1.807, 2.05) is 36.4 Å². The second-order valence-electron chi connectivity index (χ2n) is 11.9. The fraction of sp³-hybridized carbons (Fsp3) is 0.568. The van der Waals surface area contributed by atoms with Crippen molar-refractivity contribution in [1.29, 1.82) is 0 Å². The van der Waals surface area contributed by atoms with Crippen LogP contribution in [0.25, 0.3) is 0 Å². The molecule has 8 heteroatoms. The summed E-state index contributed by atoms with van der Waals surface area (Å²) < 4.78 is 23.6. The minimum Gasteiger partial charge on any atom is -0.348 e. The molecule has 0 aromatic heterocycles. The van der Waals surface area contributed by atoms with Crippen LogP contribution in [0.15, 0.2) is 72.3 Å². The average molecular weight is 625 g/mol. The number of carbonyl (C=O) groups excluding carboxylic acids is 4. The van der Waals surface area contributed by atoms with Crippen LogP contribution < -0.4 is 0 Å². The summed E-state index contributed by atoms with van der Waals surface area (Å²) in [5, 5.41) is 0. The number of hydrogen-bond acceptors (Lipinski definition) is 8. The zero-order valence-electron chi connectivity index (χ0n) is 27.7. The van der Waals surface area contributed by atoms with Gasteiger partial charge in [-0.15, -0.1) is 0 Å². The van der Waals surface area contributed by atoms with E-state index < -0.39 is 0 Å². The zero-order valence-corrected chi connectivity index (χ0v) is 27.7. The molecule has 2 unspecified atom stereocenters. The SMILES string of the molecule is CCC=C(C)CC[C@H]1CCOC(c2ccccc2)O1.CCCC(C)(C)CC[C@H]1CCOC(c2ccccc2)O1.O=C=O.O=C=O. The van der Waals surface area contributed by atoms with Crippen molar-refractivity contribution in [2.45, 2.75) is 117 Å². The van der Waals surface area contributed by atoms with E-state index in [0.717, 1.165) is 62.9 Å². The molecule has 0 amide bonds. The molecule has 248 valence electrons. The second-order valence-corrected chi connectivity index (χ2v) is 11.9. The van der Waals surface area contributed by atoms with Gasteiger partial charge in [-0.2, -0.15) is 19.2 Å². The van der Waals surface area contributed by atoms with Crippen molar-refractivity contribution in [3.8, 4) is 0 Å². The van der Waals surface area contributed by atoms with Crippen molar-refractivity contribution < 1.29 is 38.1 Å². The summed E-state index contributed by atoms with van der Waals surface area (Å²) in [6.07, 6.45) is 13.4. The van der Waals surface area contributed by atoms with Gasteiger partial charge in [0.15, 0.2) is 12.6 Å². The van der Waals surface area contributed by atoms with Crippen molar-refractivity contribution in [3.05, 3.63) is 83.4 Å². The Hall–Kier alpha value is -3.22. The fourth-order valence-electron chi connectivity index (χ4n) is 5.36. The molecule has 2 aliphatic heterocycles. The maximum atomic E-state index is 8.12. The molecule has 0 spiro atoms. The smallest absolute Gasteiger partial charge is 0.348 e. The molecule has 8 nitrogen and oxygen atoms in total. The highest BCUT2D eigenvalue weighted by Crippen LogP contribution is 2.33. The van der Waals surface area contributed by atoms with E-state index in [0.29, 0.717) is 17.6 Å². The van der Waals surface area contributed by atoms with Crippen LogP contribution in [0, 0.1) is 5.41 Å². The Balaban J connectivity index is 0.000000384. The molecule has 0 bridgehead atoms. The first-order chi connectivity index (χ1) is 21.7. The molecule has 0 saturated carbocycles. The summed E-state index contributed by atoms with van der Waals surface area (Å²) in [6, 6.07) is 20.5. The molecule has 2 aromatic carbocycles. The summed E-state index contributed by atoms with van der Waals surface area (Å²) in [7, 11) is 0. The zero-order chi connectivity index (χ0) is 33.3. The fourth-order valence-corrected chi connectivity index (χ4v) is 5.36. The highest BCUT2D eigenvalue weighted by Gasteiger charge is 2.27. The van der Waals surface area contributed by atoms with Crippen LogP contribution in [0.1, 0.15) is 116 Å². The lowest BCUT2D eigenvalue weighted by molar-refractivity contribution is -0.219. The topological polar surface area (TPSA) is 105 Å². The van der Waals surface area contributed by atoms with Crippen molar-refractivity contribution >= 4 is 12.3 Å². The second kappa shape index (κ2) is 24.1. The van der Waals surface area contributed by atoms with Gasteiger partial charge in [-0.3, -0.25) is 0 Å². The van der Waals surface area contributed by atoms with Crippen LogP contribution in [-0.4, -0.2) is 37.7 Å². The maximum Gasteiger partial charge on any atom is 0.373 e. The summed E-state index contributed by atoms with van der Waals surface area (Å²) in [4.78, 5) is 32.5. The van der Waals surface area contributed by atoms with Crippen LogP contribution in [0.3, 0.4) is 0 Å². The maximum absolute atomic E-state index is 8.12. The van der Waals surface area contributed by atoms with Gasteiger partial charge in [0.25, 0.3) is 0 Å².